The molecule has 0 saturated heterocycles. The molecule has 0 unspecified atom stereocenters. The van der Waals surface area contributed by atoms with Gasteiger partial charge in [0.05, 0.1) is 6.61 Å². The lowest BCUT2D eigenvalue weighted by Crippen LogP contribution is -2.18. The third kappa shape index (κ3) is 4.07. The zero-order chi connectivity index (χ0) is 11.3. The molecule has 84 valence electrons. The molecule has 1 rings (SSSR count). The van der Waals surface area contributed by atoms with Crippen molar-refractivity contribution in [3.05, 3.63) is 24.3 Å². The number of alkyl halides is 3. The van der Waals surface area contributed by atoms with Crippen LogP contribution in [-0.2, 0) is 0 Å². The zero-order valence-electron chi connectivity index (χ0n) is 7.62. The van der Waals surface area contributed by atoms with Crippen LogP contribution in [0.1, 0.15) is 0 Å². The Morgan fingerprint density at radius 3 is 2.27 bits per heavy atom. The SMILES string of the molecule is OCCOc1ccccc1OC(F)(F)F. The van der Waals surface area contributed by atoms with Crippen LogP contribution in [0.2, 0.25) is 0 Å². The molecule has 0 spiro atoms. The van der Waals surface area contributed by atoms with Gasteiger partial charge >= 0.3 is 6.36 Å². The average molecular weight is 222 g/mol. The lowest BCUT2D eigenvalue weighted by molar-refractivity contribution is -0.275. The van der Waals surface area contributed by atoms with E-state index in [2.05, 4.69) is 4.74 Å². The number of aliphatic hydroxyl groups is 1. The predicted octanol–water partition coefficient (Wildman–Crippen LogP) is 1.96. The maximum Gasteiger partial charge on any atom is 0.573 e. The highest BCUT2D eigenvalue weighted by atomic mass is 19.4. The summed E-state index contributed by atoms with van der Waals surface area (Å²) in [6.45, 7) is -0.363. The number of ether oxygens (including phenoxy) is 2. The maximum absolute atomic E-state index is 11.9. The zero-order valence-corrected chi connectivity index (χ0v) is 7.62. The van der Waals surface area contributed by atoms with Gasteiger partial charge in [-0.05, 0) is 12.1 Å². The van der Waals surface area contributed by atoms with Crippen LogP contribution in [0.25, 0.3) is 0 Å². The Morgan fingerprint density at radius 1 is 1.13 bits per heavy atom. The van der Waals surface area contributed by atoms with Gasteiger partial charge in [0.1, 0.15) is 6.61 Å². The average Bonchev–Trinajstić information content (AvgIpc) is 2.14. The Morgan fingerprint density at radius 2 is 1.73 bits per heavy atom. The van der Waals surface area contributed by atoms with E-state index in [0.717, 1.165) is 6.07 Å². The minimum absolute atomic E-state index is 0.0520. The van der Waals surface area contributed by atoms with Gasteiger partial charge in [0, 0.05) is 0 Å². The van der Waals surface area contributed by atoms with Gasteiger partial charge < -0.3 is 14.6 Å². The summed E-state index contributed by atoms with van der Waals surface area (Å²) in [6.07, 6.45) is -4.75. The van der Waals surface area contributed by atoms with E-state index in [9.17, 15) is 13.2 Å². The van der Waals surface area contributed by atoms with Gasteiger partial charge in [-0.25, -0.2) is 0 Å². The van der Waals surface area contributed by atoms with Crippen molar-refractivity contribution in [2.45, 2.75) is 6.36 Å². The van der Waals surface area contributed by atoms with Crippen molar-refractivity contribution in [1.82, 2.24) is 0 Å². The van der Waals surface area contributed by atoms with Gasteiger partial charge in [-0.15, -0.1) is 13.2 Å². The van der Waals surface area contributed by atoms with Crippen LogP contribution in [0.5, 0.6) is 11.5 Å². The van der Waals surface area contributed by atoms with E-state index < -0.39 is 12.1 Å². The number of hydrogen-bond donors (Lipinski definition) is 1. The minimum atomic E-state index is -4.75. The number of para-hydroxylation sites is 2. The van der Waals surface area contributed by atoms with E-state index in [1.165, 1.54) is 18.2 Å². The first kappa shape index (κ1) is 11.6. The van der Waals surface area contributed by atoms with Crippen molar-refractivity contribution in [2.75, 3.05) is 13.2 Å². The van der Waals surface area contributed by atoms with Crippen LogP contribution in [-0.4, -0.2) is 24.7 Å². The second-order valence-corrected chi connectivity index (χ2v) is 2.57. The molecular weight excluding hydrogens is 213 g/mol. The summed E-state index contributed by atoms with van der Waals surface area (Å²) in [7, 11) is 0. The highest BCUT2D eigenvalue weighted by Crippen LogP contribution is 2.31. The molecule has 0 radical (unpaired) electrons. The molecule has 1 aromatic carbocycles. The van der Waals surface area contributed by atoms with Crippen molar-refractivity contribution in [3.63, 3.8) is 0 Å². The normalized spacial score (nSPS) is 11.2. The largest absolute Gasteiger partial charge is 0.573 e. The summed E-state index contributed by atoms with van der Waals surface area (Å²) in [5, 5.41) is 8.46. The molecule has 0 fully saturated rings. The fraction of sp³-hybridized carbons (Fsp3) is 0.333. The number of halogens is 3. The Labute approximate surface area is 84.0 Å². The van der Waals surface area contributed by atoms with E-state index in [1.54, 1.807) is 0 Å². The Hall–Kier alpha value is -1.43. The Kier molecular flexibility index (Phi) is 3.79. The van der Waals surface area contributed by atoms with Crippen molar-refractivity contribution in [3.8, 4) is 11.5 Å². The molecule has 0 amide bonds. The van der Waals surface area contributed by atoms with E-state index in [0.29, 0.717) is 0 Å². The molecule has 0 aliphatic carbocycles. The quantitative estimate of drug-likeness (QED) is 0.846. The third-order valence-electron chi connectivity index (χ3n) is 1.42. The summed E-state index contributed by atoms with van der Waals surface area (Å²) >= 11 is 0. The lowest BCUT2D eigenvalue weighted by Gasteiger charge is -2.13. The fourth-order valence-electron chi connectivity index (χ4n) is 0.934. The molecule has 0 aliphatic heterocycles. The molecule has 6 heteroatoms. The highest BCUT2D eigenvalue weighted by Gasteiger charge is 2.32. The van der Waals surface area contributed by atoms with Crippen molar-refractivity contribution in [1.29, 1.82) is 0 Å². The van der Waals surface area contributed by atoms with Crippen LogP contribution < -0.4 is 9.47 Å². The molecule has 0 heterocycles. The number of rotatable bonds is 4. The van der Waals surface area contributed by atoms with E-state index in [-0.39, 0.29) is 19.0 Å². The second-order valence-electron chi connectivity index (χ2n) is 2.57. The fourth-order valence-corrected chi connectivity index (χ4v) is 0.934. The van der Waals surface area contributed by atoms with E-state index >= 15 is 0 Å². The summed E-state index contributed by atoms with van der Waals surface area (Å²) in [5.74, 6) is -0.470. The first-order valence-corrected chi connectivity index (χ1v) is 4.11. The van der Waals surface area contributed by atoms with E-state index in [4.69, 9.17) is 9.84 Å². The maximum atomic E-state index is 11.9. The van der Waals surface area contributed by atoms with Crippen LogP contribution >= 0.6 is 0 Å². The number of hydrogen-bond acceptors (Lipinski definition) is 3. The number of aliphatic hydroxyl groups excluding tert-OH is 1. The van der Waals surface area contributed by atoms with Gasteiger partial charge in [-0.3, -0.25) is 0 Å². The minimum Gasteiger partial charge on any atom is -0.487 e. The van der Waals surface area contributed by atoms with Crippen LogP contribution in [0.4, 0.5) is 13.2 Å². The first-order valence-electron chi connectivity index (χ1n) is 4.11. The third-order valence-corrected chi connectivity index (χ3v) is 1.42. The Balaban J connectivity index is 2.77. The molecule has 3 nitrogen and oxygen atoms in total. The smallest absolute Gasteiger partial charge is 0.487 e. The molecule has 0 bridgehead atoms. The van der Waals surface area contributed by atoms with Crippen LogP contribution in [0.15, 0.2) is 24.3 Å². The molecule has 0 aliphatic rings. The van der Waals surface area contributed by atoms with Crippen molar-refractivity contribution in [2.24, 2.45) is 0 Å². The molecule has 1 N–H and O–H groups in total. The van der Waals surface area contributed by atoms with Gasteiger partial charge in [0.15, 0.2) is 11.5 Å². The van der Waals surface area contributed by atoms with Gasteiger partial charge in [-0.2, -0.15) is 0 Å². The summed E-state index contributed by atoms with van der Waals surface area (Å²) < 4.78 is 44.3. The molecular formula is C9H9F3O3. The van der Waals surface area contributed by atoms with Crippen LogP contribution in [0, 0.1) is 0 Å². The molecule has 0 aromatic heterocycles. The van der Waals surface area contributed by atoms with E-state index in [1.807, 2.05) is 0 Å². The first-order chi connectivity index (χ1) is 7.03. The van der Waals surface area contributed by atoms with Crippen molar-refractivity contribution >= 4 is 0 Å². The standard InChI is InChI=1S/C9H9F3O3/c10-9(11,12)15-8-4-2-1-3-7(8)14-6-5-13/h1-4,13H,5-6H2. The van der Waals surface area contributed by atoms with Crippen LogP contribution in [0.3, 0.4) is 0 Å². The second kappa shape index (κ2) is 4.88. The number of benzene rings is 1. The molecule has 0 atom stereocenters. The highest BCUT2D eigenvalue weighted by molar-refractivity contribution is 5.39. The lowest BCUT2D eigenvalue weighted by atomic mass is 10.3. The molecule has 0 saturated carbocycles. The molecule has 15 heavy (non-hydrogen) atoms. The van der Waals surface area contributed by atoms with Crippen molar-refractivity contribution < 1.29 is 27.8 Å². The summed E-state index contributed by atoms with van der Waals surface area (Å²) in [6, 6.07) is 5.37. The summed E-state index contributed by atoms with van der Waals surface area (Å²) in [5.41, 5.74) is 0. The topological polar surface area (TPSA) is 38.7 Å². The predicted molar refractivity (Wildman–Crippen MR) is 45.7 cm³/mol. The van der Waals surface area contributed by atoms with Gasteiger partial charge in [0.2, 0.25) is 0 Å². The monoisotopic (exact) mass is 222 g/mol. The molecule has 1 aromatic rings. The Bertz CT molecular complexity index is 312. The van der Waals surface area contributed by atoms with Gasteiger partial charge in [-0.1, -0.05) is 12.1 Å². The van der Waals surface area contributed by atoms with Gasteiger partial charge in [0.25, 0.3) is 0 Å². The summed E-state index contributed by atoms with van der Waals surface area (Å²) in [4.78, 5) is 0.